The predicted octanol–water partition coefficient (Wildman–Crippen LogP) is 4.88. The number of hydrogen-bond donors (Lipinski definition) is 1. The van der Waals surface area contributed by atoms with Crippen LogP contribution >= 0.6 is 0 Å². The smallest absolute Gasteiger partial charge is 0.230 e. The van der Waals surface area contributed by atoms with Crippen LogP contribution < -0.4 is 5.32 Å². The molecule has 1 amide bonds. The van der Waals surface area contributed by atoms with Gasteiger partial charge in [-0.05, 0) is 86.5 Å². The fourth-order valence-electron chi connectivity index (χ4n) is 6.84. The molecule has 158 valence electrons. The standard InChI is InChI=1S/C25H29NO3S/c1-17-6-8-20(9-7-17)24-12-18-10-19(13-24)15-25(14-18,16-24)23(27)26-21-4-3-5-22(11-21)30(2,28)29/h3-9,11,18-19H,10,12-16H2,1-2H3,(H,26,27). The topological polar surface area (TPSA) is 63.2 Å². The van der Waals surface area contributed by atoms with Gasteiger partial charge in [-0.25, -0.2) is 8.42 Å². The number of carbonyl (C=O) groups is 1. The van der Waals surface area contributed by atoms with Crippen LogP contribution in [0.1, 0.15) is 49.7 Å². The lowest BCUT2D eigenvalue weighted by Crippen LogP contribution is -2.57. The molecule has 0 spiro atoms. The molecule has 4 nitrogen and oxygen atoms in total. The number of hydrogen-bond acceptors (Lipinski definition) is 3. The number of amides is 1. The molecule has 2 atom stereocenters. The van der Waals surface area contributed by atoms with Crippen LogP contribution in [0.2, 0.25) is 0 Å². The first-order valence-corrected chi connectivity index (χ1v) is 12.8. The van der Waals surface area contributed by atoms with Crippen molar-refractivity contribution in [3.63, 3.8) is 0 Å². The summed E-state index contributed by atoms with van der Waals surface area (Å²) in [5.74, 6) is 1.26. The predicted molar refractivity (Wildman–Crippen MR) is 118 cm³/mol. The van der Waals surface area contributed by atoms with Crippen LogP contribution in [0.3, 0.4) is 0 Å². The molecule has 4 aliphatic carbocycles. The van der Waals surface area contributed by atoms with Crippen LogP contribution in [0.15, 0.2) is 53.4 Å². The number of rotatable bonds is 4. The van der Waals surface area contributed by atoms with Gasteiger partial charge >= 0.3 is 0 Å². The highest BCUT2D eigenvalue weighted by Crippen LogP contribution is 2.66. The van der Waals surface area contributed by atoms with Crippen LogP contribution in [-0.4, -0.2) is 20.6 Å². The number of benzene rings is 2. The van der Waals surface area contributed by atoms with Gasteiger partial charge in [0, 0.05) is 11.9 Å². The quantitative estimate of drug-likeness (QED) is 0.763. The Bertz CT molecular complexity index is 1090. The van der Waals surface area contributed by atoms with E-state index in [9.17, 15) is 13.2 Å². The van der Waals surface area contributed by atoms with E-state index in [4.69, 9.17) is 0 Å². The Morgan fingerprint density at radius 2 is 1.67 bits per heavy atom. The van der Waals surface area contributed by atoms with Crippen molar-refractivity contribution in [3.05, 3.63) is 59.7 Å². The van der Waals surface area contributed by atoms with Gasteiger partial charge in [0.05, 0.1) is 10.3 Å². The summed E-state index contributed by atoms with van der Waals surface area (Å²) in [6.07, 6.45) is 7.61. The molecule has 2 unspecified atom stereocenters. The number of sulfone groups is 1. The minimum absolute atomic E-state index is 0.0683. The van der Waals surface area contributed by atoms with Crippen LogP contribution in [0.25, 0.3) is 0 Å². The van der Waals surface area contributed by atoms with E-state index in [1.807, 2.05) is 0 Å². The SMILES string of the molecule is Cc1ccc(C23CC4CC(CC(C(=O)Nc5cccc(S(C)(=O)=O)c5)(C4)C2)C3)cc1. The minimum atomic E-state index is -3.31. The average molecular weight is 424 g/mol. The molecule has 30 heavy (non-hydrogen) atoms. The summed E-state index contributed by atoms with van der Waals surface area (Å²) in [5, 5.41) is 3.09. The van der Waals surface area contributed by atoms with Crippen molar-refractivity contribution in [1.29, 1.82) is 0 Å². The molecule has 4 saturated carbocycles. The summed E-state index contributed by atoms with van der Waals surface area (Å²) in [6, 6.07) is 15.5. The molecule has 0 heterocycles. The van der Waals surface area contributed by atoms with Crippen LogP contribution in [-0.2, 0) is 20.0 Å². The average Bonchev–Trinajstić information content (AvgIpc) is 2.67. The van der Waals surface area contributed by atoms with E-state index in [1.165, 1.54) is 36.6 Å². The van der Waals surface area contributed by atoms with Crippen LogP contribution in [0, 0.1) is 24.2 Å². The van der Waals surface area contributed by atoms with Gasteiger partial charge < -0.3 is 5.32 Å². The lowest BCUT2D eigenvalue weighted by Gasteiger charge is -2.61. The molecule has 6 rings (SSSR count). The molecule has 4 fully saturated rings. The fourth-order valence-corrected chi connectivity index (χ4v) is 7.51. The van der Waals surface area contributed by atoms with E-state index < -0.39 is 9.84 Å². The molecule has 0 aromatic heterocycles. The highest BCUT2D eigenvalue weighted by Gasteiger charge is 2.60. The Morgan fingerprint density at radius 3 is 2.30 bits per heavy atom. The molecule has 0 saturated heterocycles. The first-order chi connectivity index (χ1) is 14.2. The lowest BCUT2D eigenvalue weighted by atomic mass is 9.42. The second kappa shape index (κ2) is 6.68. The second-order valence-corrected chi connectivity index (χ2v) is 12.2. The summed E-state index contributed by atoms with van der Waals surface area (Å²) in [5.41, 5.74) is 2.97. The molecule has 2 aromatic rings. The van der Waals surface area contributed by atoms with E-state index in [2.05, 4.69) is 36.5 Å². The summed E-state index contributed by atoms with van der Waals surface area (Å²) in [4.78, 5) is 13.8. The number of anilines is 1. The summed E-state index contributed by atoms with van der Waals surface area (Å²) in [7, 11) is -3.31. The largest absolute Gasteiger partial charge is 0.326 e. The molecular formula is C25H29NO3S. The monoisotopic (exact) mass is 423 g/mol. The van der Waals surface area contributed by atoms with Gasteiger partial charge in [0.25, 0.3) is 0 Å². The Hall–Kier alpha value is -2.14. The maximum absolute atomic E-state index is 13.6. The Balaban J connectivity index is 1.46. The van der Waals surface area contributed by atoms with Gasteiger partial charge in [-0.1, -0.05) is 35.9 Å². The van der Waals surface area contributed by atoms with Crippen molar-refractivity contribution in [3.8, 4) is 0 Å². The summed E-state index contributed by atoms with van der Waals surface area (Å²) < 4.78 is 23.8. The summed E-state index contributed by atoms with van der Waals surface area (Å²) in [6.45, 7) is 2.11. The second-order valence-electron chi connectivity index (χ2n) is 10.1. The van der Waals surface area contributed by atoms with Gasteiger partial charge in [0.2, 0.25) is 5.91 Å². The molecule has 0 radical (unpaired) electrons. The molecule has 1 N–H and O–H groups in total. The Labute approximate surface area is 179 Å². The third kappa shape index (κ3) is 3.27. The zero-order valence-electron chi connectivity index (χ0n) is 17.6. The molecule has 4 bridgehead atoms. The number of nitrogens with one attached hydrogen (secondary N) is 1. The van der Waals surface area contributed by atoms with E-state index in [1.54, 1.807) is 24.3 Å². The highest BCUT2D eigenvalue weighted by atomic mass is 32.2. The van der Waals surface area contributed by atoms with Gasteiger partial charge in [-0.3, -0.25) is 4.79 Å². The molecule has 5 heteroatoms. The van der Waals surface area contributed by atoms with Crippen molar-refractivity contribution in [1.82, 2.24) is 0 Å². The van der Waals surface area contributed by atoms with Crippen molar-refractivity contribution < 1.29 is 13.2 Å². The zero-order valence-corrected chi connectivity index (χ0v) is 18.5. The molecule has 4 aliphatic rings. The van der Waals surface area contributed by atoms with Crippen LogP contribution in [0.5, 0.6) is 0 Å². The van der Waals surface area contributed by atoms with Crippen molar-refractivity contribution >= 4 is 21.4 Å². The Morgan fingerprint density at radius 1 is 1.00 bits per heavy atom. The highest BCUT2D eigenvalue weighted by molar-refractivity contribution is 7.90. The van der Waals surface area contributed by atoms with Gasteiger partial charge in [0.15, 0.2) is 9.84 Å². The lowest BCUT2D eigenvalue weighted by molar-refractivity contribution is -0.143. The van der Waals surface area contributed by atoms with E-state index in [0.29, 0.717) is 17.5 Å². The van der Waals surface area contributed by atoms with Crippen molar-refractivity contribution in [2.24, 2.45) is 17.3 Å². The van der Waals surface area contributed by atoms with Gasteiger partial charge in [0.1, 0.15) is 0 Å². The minimum Gasteiger partial charge on any atom is -0.326 e. The first-order valence-electron chi connectivity index (χ1n) is 10.9. The van der Waals surface area contributed by atoms with Crippen molar-refractivity contribution in [2.45, 2.75) is 55.8 Å². The number of carbonyl (C=O) groups excluding carboxylic acids is 1. The molecule has 0 aliphatic heterocycles. The van der Waals surface area contributed by atoms with Gasteiger partial charge in [-0.2, -0.15) is 0 Å². The molecule has 2 aromatic carbocycles. The van der Waals surface area contributed by atoms with Crippen LogP contribution in [0.4, 0.5) is 5.69 Å². The fraction of sp³-hybridized carbons (Fsp3) is 0.480. The third-order valence-corrected chi connectivity index (χ3v) is 8.84. The normalized spacial score (nSPS) is 32.2. The summed E-state index contributed by atoms with van der Waals surface area (Å²) >= 11 is 0. The first kappa shape index (κ1) is 19.8. The molecular weight excluding hydrogens is 394 g/mol. The van der Waals surface area contributed by atoms with E-state index >= 15 is 0 Å². The Kier molecular flexibility index (Phi) is 4.41. The van der Waals surface area contributed by atoms with Gasteiger partial charge in [-0.15, -0.1) is 0 Å². The van der Waals surface area contributed by atoms with E-state index in [-0.39, 0.29) is 21.6 Å². The van der Waals surface area contributed by atoms with E-state index in [0.717, 1.165) is 19.3 Å². The number of aryl methyl sites for hydroxylation is 1. The maximum atomic E-state index is 13.6. The third-order valence-electron chi connectivity index (χ3n) is 7.73. The van der Waals surface area contributed by atoms with Crippen molar-refractivity contribution in [2.75, 3.05) is 11.6 Å². The zero-order chi connectivity index (χ0) is 21.1. The maximum Gasteiger partial charge on any atom is 0.230 e.